The molecule has 11 nitrogen and oxygen atoms in total. The number of nitrogens with zero attached hydrogens (tertiary/aromatic N) is 1. The molecule has 0 saturated carbocycles. The highest BCUT2D eigenvalue weighted by molar-refractivity contribution is 7.51. The van der Waals surface area contributed by atoms with Gasteiger partial charge >= 0.3 is 13.4 Å². The number of ether oxygens (including phenoxy) is 3. The van der Waals surface area contributed by atoms with Crippen molar-refractivity contribution in [1.82, 2.24) is 14.6 Å². The van der Waals surface area contributed by atoms with Crippen molar-refractivity contribution >= 4 is 19.3 Å². The van der Waals surface area contributed by atoms with Gasteiger partial charge in [0.25, 0.3) is 5.56 Å². The molecule has 176 valence electrons. The van der Waals surface area contributed by atoms with Crippen LogP contribution >= 0.6 is 19.3 Å². The van der Waals surface area contributed by atoms with E-state index in [0.717, 1.165) is 0 Å². The molecule has 0 aliphatic carbocycles. The number of halogens is 1. The summed E-state index contributed by atoms with van der Waals surface area (Å²) < 4.78 is 42.1. The van der Waals surface area contributed by atoms with Crippen LogP contribution in [0.2, 0.25) is 0 Å². The van der Waals surface area contributed by atoms with Crippen molar-refractivity contribution in [1.29, 1.82) is 0 Å². The van der Waals surface area contributed by atoms with Gasteiger partial charge in [-0.25, -0.2) is 14.4 Å². The summed E-state index contributed by atoms with van der Waals surface area (Å²) in [4.78, 5) is 24.4. The van der Waals surface area contributed by atoms with E-state index in [-0.39, 0.29) is 26.0 Å². The van der Waals surface area contributed by atoms with Crippen LogP contribution in [0.25, 0.3) is 0 Å². The van der Waals surface area contributed by atoms with Crippen LogP contribution in [-0.4, -0.2) is 59.3 Å². The van der Waals surface area contributed by atoms with E-state index in [2.05, 4.69) is 10.1 Å². The van der Waals surface area contributed by atoms with Gasteiger partial charge in [0.05, 0.1) is 19.8 Å². The Labute approximate surface area is 184 Å². The molecule has 2 N–H and O–H groups in total. The van der Waals surface area contributed by atoms with E-state index in [4.69, 9.17) is 34.9 Å². The Bertz CT molecular complexity index is 920. The summed E-state index contributed by atoms with van der Waals surface area (Å²) in [6.45, 7) is 8.37. The van der Waals surface area contributed by atoms with Crippen molar-refractivity contribution in [2.45, 2.75) is 57.0 Å². The lowest BCUT2D eigenvalue weighted by atomic mass is 10.0. The minimum atomic E-state index is -3.71. The number of hydrogen-bond donors (Lipinski definition) is 2. The van der Waals surface area contributed by atoms with E-state index < -0.39 is 42.3 Å². The fourth-order valence-corrected chi connectivity index (χ4v) is 5.63. The number of H-pyrrole nitrogens is 1. The minimum absolute atomic E-state index is 0.0447. The minimum Gasteiger partial charge on any atom is -0.355 e. The van der Waals surface area contributed by atoms with Crippen LogP contribution in [0, 0.1) is 5.92 Å². The maximum Gasteiger partial charge on any atom is 0.406 e. The van der Waals surface area contributed by atoms with E-state index in [1.165, 1.54) is 16.8 Å². The maximum atomic E-state index is 13.1. The summed E-state index contributed by atoms with van der Waals surface area (Å²) >= 11 is 6.71. The molecule has 0 aromatic carbocycles. The summed E-state index contributed by atoms with van der Waals surface area (Å²) in [5.41, 5.74) is -1.21. The Morgan fingerprint density at radius 3 is 2.74 bits per heavy atom. The fraction of sp³-hybridized carbons (Fsp3) is 0.778. The molecule has 31 heavy (non-hydrogen) atoms. The van der Waals surface area contributed by atoms with E-state index >= 15 is 0 Å². The highest BCUT2D eigenvalue weighted by atomic mass is 35.5. The Hall–Kier alpha value is -1.04. The smallest absolute Gasteiger partial charge is 0.355 e. The highest BCUT2D eigenvalue weighted by Crippen LogP contribution is 2.57. The lowest BCUT2D eigenvalue weighted by Gasteiger charge is -2.36. The quantitative estimate of drug-likeness (QED) is 0.233. The normalized spacial score (nSPS) is 34.1. The van der Waals surface area contributed by atoms with Crippen molar-refractivity contribution in [3.63, 3.8) is 0 Å². The molecule has 0 amide bonds. The largest absolute Gasteiger partial charge is 0.406 e. The summed E-state index contributed by atoms with van der Waals surface area (Å²) in [6, 6.07) is 0.836. The number of fused-ring (bicyclic) bond motifs is 1. The molecule has 2 aliphatic rings. The Balaban J connectivity index is 1.61. The molecule has 3 rings (SSSR count). The molecule has 1 aromatic rings. The number of aromatic nitrogens is 2. The van der Waals surface area contributed by atoms with Crippen LogP contribution in [0.3, 0.4) is 0 Å². The molecular weight excluding hydrogens is 453 g/mol. The second-order valence-corrected chi connectivity index (χ2v) is 10.8. The molecule has 2 saturated heterocycles. The number of alkyl halides is 1. The Kier molecular flexibility index (Phi) is 7.81. The first-order chi connectivity index (χ1) is 14.5. The fourth-order valence-electron chi connectivity index (χ4n) is 3.42. The molecule has 2 fully saturated rings. The zero-order valence-electron chi connectivity index (χ0n) is 17.9. The van der Waals surface area contributed by atoms with E-state index in [1.54, 1.807) is 13.8 Å². The van der Waals surface area contributed by atoms with Gasteiger partial charge in [-0.1, -0.05) is 13.8 Å². The second-order valence-electron chi connectivity index (χ2n) is 8.30. The van der Waals surface area contributed by atoms with Gasteiger partial charge in [-0.15, -0.1) is 11.6 Å². The standard InChI is InChI=1S/C18H29ClN3O8P/c1-11(2)7-26-10-27-8-12(3)21-31(25)28-9-13-15(30-31)18(4,19)16(29-13)22-6-5-14(23)20-17(22)24/h5-6,11-13,15-16H,7-10H2,1-4H3,(H,21,25)(H,20,23,24). The third-order valence-corrected chi connectivity index (χ3v) is 6.96. The highest BCUT2D eigenvalue weighted by Gasteiger charge is 2.59. The SMILES string of the molecule is CC(C)COCOCC(C)NP1(=O)OCC2OC(n3ccc(=O)[nH]c3=O)C(C)(Cl)C2O1. The maximum absolute atomic E-state index is 13.1. The molecular formula is C18H29ClN3O8P. The van der Waals surface area contributed by atoms with Crippen LogP contribution < -0.4 is 16.3 Å². The molecule has 6 unspecified atom stereocenters. The Morgan fingerprint density at radius 1 is 1.35 bits per heavy atom. The molecule has 2 aliphatic heterocycles. The monoisotopic (exact) mass is 481 g/mol. The molecule has 0 radical (unpaired) electrons. The van der Waals surface area contributed by atoms with Crippen LogP contribution in [-0.2, 0) is 27.8 Å². The van der Waals surface area contributed by atoms with Gasteiger partial charge in [0.2, 0.25) is 0 Å². The van der Waals surface area contributed by atoms with Crippen molar-refractivity contribution in [2.24, 2.45) is 5.92 Å². The lowest BCUT2D eigenvalue weighted by Crippen LogP contribution is -2.47. The number of nitrogens with one attached hydrogen (secondary N) is 2. The Morgan fingerprint density at radius 2 is 2.06 bits per heavy atom. The van der Waals surface area contributed by atoms with Crippen LogP contribution in [0.5, 0.6) is 0 Å². The number of rotatable bonds is 9. The van der Waals surface area contributed by atoms with Crippen molar-refractivity contribution in [3.05, 3.63) is 33.1 Å². The number of aromatic amines is 1. The molecule has 13 heteroatoms. The molecule has 3 heterocycles. The van der Waals surface area contributed by atoms with Crippen molar-refractivity contribution < 1.29 is 27.8 Å². The van der Waals surface area contributed by atoms with Gasteiger partial charge in [-0.05, 0) is 19.8 Å². The van der Waals surface area contributed by atoms with Crippen LogP contribution in [0.1, 0.15) is 33.9 Å². The van der Waals surface area contributed by atoms with Crippen molar-refractivity contribution in [3.8, 4) is 0 Å². The van der Waals surface area contributed by atoms with E-state index in [9.17, 15) is 14.2 Å². The zero-order valence-corrected chi connectivity index (χ0v) is 19.6. The topological polar surface area (TPSA) is 130 Å². The van der Waals surface area contributed by atoms with Crippen molar-refractivity contribution in [2.75, 3.05) is 26.6 Å². The predicted octanol–water partition coefficient (Wildman–Crippen LogP) is 1.58. The molecule has 0 bridgehead atoms. The molecule has 0 spiro atoms. The first-order valence-electron chi connectivity index (χ1n) is 10.0. The molecule has 6 atom stereocenters. The second kappa shape index (κ2) is 9.84. The average molecular weight is 482 g/mol. The first-order valence-corrected chi connectivity index (χ1v) is 12.0. The van der Waals surface area contributed by atoms with Gasteiger partial charge in [0, 0.05) is 18.3 Å². The predicted molar refractivity (Wildman–Crippen MR) is 112 cm³/mol. The van der Waals surface area contributed by atoms with Crippen LogP contribution in [0.15, 0.2) is 21.9 Å². The molecule has 1 aromatic heterocycles. The average Bonchev–Trinajstić information content (AvgIpc) is 2.91. The van der Waals surface area contributed by atoms with Gasteiger partial charge in [0.1, 0.15) is 23.9 Å². The third kappa shape index (κ3) is 5.85. The lowest BCUT2D eigenvalue weighted by molar-refractivity contribution is -0.0693. The summed E-state index contributed by atoms with van der Waals surface area (Å²) in [6.07, 6.45) is -1.13. The zero-order chi connectivity index (χ0) is 22.8. The van der Waals surface area contributed by atoms with Gasteiger partial charge in [-0.2, -0.15) is 0 Å². The first kappa shape index (κ1) is 24.6. The van der Waals surface area contributed by atoms with E-state index in [1.807, 2.05) is 13.8 Å². The van der Waals surface area contributed by atoms with Crippen LogP contribution in [0.4, 0.5) is 0 Å². The number of hydrogen-bond acceptors (Lipinski definition) is 8. The van der Waals surface area contributed by atoms with Gasteiger partial charge in [0.15, 0.2) is 6.23 Å². The van der Waals surface area contributed by atoms with Gasteiger partial charge < -0.3 is 14.2 Å². The van der Waals surface area contributed by atoms with E-state index in [0.29, 0.717) is 12.5 Å². The third-order valence-electron chi connectivity index (χ3n) is 4.81. The summed E-state index contributed by atoms with van der Waals surface area (Å²) in [5.74, 6) is 0.404. The summed E-state index contributed by atoms with van der Waals surface area (Å²) in [7, 11) is -3.71. The summed E-state index contributed by atoms with van der Waals surface area (Å²) in [5, 5.41) is 2.82. The van der Waals surface area contributed by atoms with Gasteiger partial charge in [-0.3, -0.25) is 23.4 Å².